The maximum atomic E-state index is 2.50. The summed E-state index contributed by atoms with van der Waals surface area (Å²) in [5.74, 6) is 0.883. The smallest absolute Gasteiger partial charge is 0.0119 e. The molecule has 0 bridgehead atoms. The van der Waals surface area contributed by atoms with Crippen molar-refractivity contribution in [2.24, 2.45) is 5.92 Å². The Balaban J connectivity index is 1.94. The van der Waals surface area contributed by atoms with E-state index >= 15 is 0 Å². The molecule has 0 saturated carbocycles. The summed E-state index contributed by atoms with van der Waals surface area (Å²) in [4.78, 5) is 3.46. The summed E-state index contributed by atoms with van der Waals surface area (Å²) in [5, 5.41) is 0. The molecule has 13 heavy (non-hydrogen) atoms. The second kappa shape index (κ2) is 3.20. The molecule has 1 unspecified atom stereocenters. The highest BCUT2D eigenvalue weighted by Gasteiger charge is 2.32. The van der Waals surface area contributed by atoms with Crippen LogP contribution in [0.3, 0.4) is 0 Å². The van der Waals surface area contributed by atoms with Gasteiger partial charge in [-0.25, -0.2) is 0 Å². The number of fused-ring (bicyclic) bond motifs is 2. The molecule has 0 radical (unpaired) electrons. The van der Waals surface area contributed by atoms with Gasteiger partial charge < -0.3 is 0 Å². The Morgan fingerprint density at radius 2 is 2.08 bits per heavy atom. The normalized spacial score (nSPS) is 32.6. The fourth-order valence-corrected chi connectivity index (χ4v) is 4.35. The van der Waals surface area contributed by atoms with E-state index in [1.807, 2.05) is 5.57 Å². The molecule has 0 saturated heterocycles. The summed E-state index contributed by atoms with van der Waals surface area (Å²) in [6.45, 7) is 0. The predicted octanol–water partition coefficient (Wildman–Crippen LogP) is 4.25. The number of rotatable bonds is 0. The Morgan fingerprint density at radius 1 is 1.15 bits per heavy atom. The molecular weight excluding hydrogens is 176 g/mol. The average molecular weight is 192 g/mol. The molecule has 3 aliphatic rings. The monoisotopic (exact) mass is 192 g/mol. The van der Waals surface area contributed by atoms with Crippen LogP contribution in [0.4, 0.5) is 0 Å². The molecular formula is C12H16S. The van der Waals surface area contributed by atoms with Gasteiger partial charge in [0, 0.05) is 5.92 Å². The molecule has 1 atom stereocenters. The van der Waals surface area contributed by atoms with Gasteiger partial charge in [0.15, 0.2) is 0 Å². The lowest BCUT2D eigenvalue weighted by molar-refractivity contribution is 0.555. The molecule has 0 aromatic heterocycles. The second-order valence-corrected chi connectivity index (χ2v) is 5.52. The van der Waals surface area contributed by atoms with E-state index < -0.39 is 0 Å². The first-order valence-electron chi connectivity index (χ1n) is 5.55. The Hall–Kier alpha value is -0.170. The van der Waals surface area contributed by atoms with Crippen LogP contribution in [0.1, 0.15) is 44.9 Å². The van der Waals surface area contributed by atoms with E-state index in [4.69, 9.17) is 0 Å². The van der Waals surface area contributed by atoms with Crippen molar-refractivity contribution < 1.29 is 0 Å². The average Bonchev–Trinajstić information content (AvgIpc) is 2.56. The van der Waals surface area contributed by atoms with Crippen molar-refractivity contribution in [3.8, 4) is 0 Å². The first kappa shape index (κ1) is 8.16. The zero-order chi connectivity index (χ0) is 8.67. The van der Waals surface area contributed by atoms with Gasteiger partial charge in [-0.3, -0.25) is 0 Å². The zero-order valence-electron chi connectivity index (χ0n) is 8.01. The number of hydrogen-bond donors (Lipinski definition) is 0. The molecule has 2 aliphatic carbocycles. The fraction of sp³-hybridized carbons (Fsp3) is 0.667. The topological polar surface area (TPSA) is 0 Å². The maximum absolute atomic E-state index is 2.50. The second-order valence-electron chi connectivity index (χ2n) is 4.35. The summed E-state index contributed by atoms with van der Waals surface area (Å²) in [6.07, 6.45) is 12.4. The van der Waals surface area contributed by atoms with Crippen molar-refractivity contribution in [3.05, 3.63) is 21.5 Å². The fourth-order valence-electron chi connectivity index (χ4n) is 2.84. The van der Waals surface area contributed by atoms with Crippen molar-refractivity contribution in [1.29, 1.82) is 0 Å². The van der Waals surface area contributed by atoms with Gasteiger partial charge in [0.25, 0.3) is 0 Å². The van der Waals surface area contributed by atoms with Crippen LogP contribution in [-0.4, -0.2) is 0 Å². The van der Waals surface area contributed by atoms with Crippen molar-refractivity contribution >= 4 is 11.8 Å². The van der Waals surface area contributed by atoms with Gasteiger partial charge in [-0.15, -0.1) is 0 Å². The summed E-state index contributed by atoms with van der Waals surface area (Å²) in [7, 11) is 0. The number of hydrogen-bond acceptors (Lipinski definition) is 1. The van der Waals surface area contributed by atoms with Crippen molar-refractivity contribution in [2.75, 3.05) is 0 Å². The first-order chi connectivity index (χ1) is 6.45. The van der Waals surface area contributed by atoms with Crippen molar-refractivity contribution in [3.63, 3.8) is 0 Å². The first-order valence-corrected chi connectivity index (χ1v) is 6.36. The van der Waals surface area contributed by atoms with E-state index in [0.717, 1.165) is 5.92 Å². The highest BCUT2D eigenvalue weighted by molar-refractivity contribution is 8.07. The van der Waals surface area contributed by atoms with Crippen LogP contribution in [0.2, 0.25) is 0 Å². The molecule has 0 nitrogen and oxygen atoms in total. The van der Waals surface area contributed by atoms with Crippen LogP contribution >= 0.6 is 11.8 Å². The van der Waals surface area contributed by atoms with E-state index in [1.165, 1.54) is 44.9 Å². The van der Waals surface area contributed by atoms with E-state index in [0.29, 0.717) is 0 Å². The van der Waals surface area contributed by atoms with Crippen LogP contribution in [0.5, 0.6) is 0 Å². The third kappa shape index (κ3) is 1.28. The summed E-state index contributed by atoms with van der Waals surface area (Å²) < 4.78 is 0. The highest BCUT2D eigenvalue weighted by Crippen LogP contribution is 2.54. The summed E-state index contributed by atoms with van der Waals surface area (Å²) >= 11 is 2.12. The van der Waals surface area contributed by atoms with E-state index in [-0.39, 0.29) is 0 Å². The number of thioether (sulfide) groups is 1. The molecule has 0 aromatic carbocycles. The van der Waals surface area contributed by atoms with Gasteiger partial charge in [-0.1, -0.05) is 23.4 Å². The SMILES string of the molecule is C1=C2SC3=C(CCCC3)C2CCC1. The minimum Gasteiger partial charge on any atom is -0.0987 e. The van der Waals surface area contributed by atoms with Crippen molar-refractivity contribution in [2.45, 2.75) is 44.9 Å². The molecule has 70 valence electrons. The Labute approximate surface area is 84.5 Å². The summed E-state index contributed by atoms with van der Waals surface area (Å²) in [5.41, 5.74) is 1.84. The molecule has 0 aromatic rings. The number of allylic oxidation sites excluding steroid dienone is 4. The minimum atomic E-state index is 0.883. The van der Waals surface area contributed by atoms with Gasteiger partial charge in [0.05, 0.1) is 0 Å². The molecule has 0 fully saturated rings. The van der Waals surface area contributed by atoms with Crippen LogP contribution in [-0.2, 0) is 0 Å². The molecule has 3 rings (SSSR count). The molecule has 0 N–H and O–H groups in total. The van der Waals surface area contributed by atoms with Gasteiger partial charge in [0.1, 0.15) is 0 Å². The van der Waals surface area contributed by atoms with E-state index in [1.54, 1.807) is 9.81 Å². The van der Waals surface area contributed by atoms with Gasteiger partial charge >= 0.3 is 0 Å². The Morgan fingerprint density at radius 3 is 3.08 bits per heavy atom. The van der Waals surface area contributed by atoms with Crippen LogP contribution in [0.15, 0.2) is 21.5 Å². The lowest BCUT2D eigenvalue weighted by Gasteiger charge is -2.21. The van der Waals surface area contributed by atoms with E-state index in [2.05, 4.69) is 17.8 Å². The van der Waals surface area contributed by atoms with Crippen molar-refractivity contribution in [1.82, 2.24) is 0 Å². The molecule has 1 aliphatic heterocycles. The summed E-state index contributed by atoms with van der Waals surface area (Å²) in [6, 6.07) is 0. The van der Waals surface area contributed by atoms with Crippen LogP contribution < -0.4 is 0 Å². The Bertz CT molecular complexity index is 285. The largest absolute Gasteiger partial charge is 0.0987 e. The predicted molar refractivity (Wildman–Crippen MR) is 58.5 cm³/mol. The lowest BCUT2D eigenvalue weighted by atomic mass is 9.83. The van der Waals surface area contributed by atoms with Gasteiger partial charge in [-0.2, -0.15) is 0 Å². The molecule has 1 heteroatoms. The van der Waals surface area contributed by atoms with Gasteiger partial charge in [-0.05, 0) is 54.8 Å². The van der Waals surface area contributed by atoms with E-state index in [9.17, 15) is 0 Å². The lowest BCUT2D eigenvalue weighted by Crippen LogP contribution is -2.07. The third-order valence-electron chi connectivity index (χ3n) is 3.51. The molecule has 0 amide bonds. The van der Waals surface area contributed by atoms with Gasteiger partial charge in [0.2, 0.25) is 0 Å². The minimum absolute atomic E-state index is 0.883. The van der Waals surface area contributed by atoms with Crippen LogP contribution in [0.25, 0.3) is 0 Å². The quantitative estimate of drug-likeness (QED) is 0.553. The maximum Gasteiger partial charge on any atom is 0.0119 e. The van der Waals surface area contributed by atoms with Crippen LogP contribution in [0, 0.1) is 5.92 Å². The standard InChI is InChI=1S/C12H16S/c1-3-7-11-9(5-1)10-6-2-4-8-12(10)13-11/h7,9H,1-6,8H2. The highest BCUT2D eigenvalue weighted by atomic mass is 32.2. The zero-order valence-corrected chi connectivity index (χ0v) is 8.83. The molecule has 0 spiro atoms. The Kier molecular flexibility index (Phi) is 2.01. The molecule has 1 heterocycles. The third-order valence-corrected chi connectivity index (χ3v) is 4.91.